The van der Waals surface area contributed by atoms with Crippen LogP contribution in [0.4, 0.5) is 0 Å². The van der Waals surface area contributed by atoms with E-state index in [1.165, 1.54) is 0 Å². The fourth-order valence-corrected chi connectivity index (χ4v) is 2.52. The van der Waals surface area contributed by atoms with Gasteiger partial charge in [-0.05, 0) is 32.0 Å². The van der Waals surface area contributed by atoms with Crippen LogP contribution in [0.3, 0.4) is 0 Å². The second kappa shape index (κ2) is 6.83. The van der Waals surface area contributed by atoms with Crippen molar-refractivity contribution in [3.63, 3.8) is 0 Å². The molecule has 0 aliphatic heterocycles. The fraction of sp³-hybridized carbons (Fsp3) is 0.294. The molecule has 0 radical (unpaired) electrons. The van der Waals surface area contributed by atoms with Gasteiger partial charge >= 0.3 is 0 Å². The number of benzene rings is 2. The number of hydrogen-bond donors (Lipinski definition) is 2. The van der Waals surface area contributed by atoms with E-state index >= 15 is 0 Å². The minimum atomic E-state index is 0.00544. The first kappa shape index (κ1) is 15.7. The molecule has 0 saturated carbocycles. The Morgan fingerprint density at radius 3 is 2.76 bits per heavy atom. The van der Waals surface area contributed by atoms with Gasteiger partial charge in [-0.25, -0.2) is 0 Å². The highest BCUT2D eigenvalue weighted by atomic mass is 35.5. The number of nitrogens with one attached hydrogen (secondary N) is 1. The molecule has 0 amide bonds. The first-order valence-electron chi connectivity index (χ1n) is 6.87. The average molecular weight is 306 g/mol. The lowest BCUT2D eigenvalue weighted by molar-refractivity contribution is 0.405. The predicted molar refractivity (Wildman–Crippen MR) is 86.1 cm³/mol. The van der Waals surface area contributed by atoms with Crippen LogP contribution in [0.1, 0.15) is 29.7 Å². The summed E-state index contributed by atoms with van der Waals surface area (Å²) in [5.41, 5.74) is 2.91. The average Bonchev–Trinajstić information content (AvgIpc) is 2.47. The van der Waals surface area contributed by atoms with Crippen LogP contribution >= 0.6 is 11.6 Å². The molecule has 1 unspecified atom stereocenters. The Morgan fingerprint density at radius 1 is 1.29 bits per heavy atom. The van der Waals surface area contributed by atoms with Crippen molar-refractivity contribution < 1.29 is 9.84 Å². The Labute approximate surface area is 130 Å². The number of methoxy groups -OCH3 is 1. The molecule has 0 saturated heterocycles. The van der Waals surface area contributed by atoms with E-state index < -0.39 is 0 Å². The maximum atomic E-state index is 9.97. The van der Waals surface area contributed by atoms with Gasteiger partial charge in [-0.2, -0.15) is 0 Å². The lowest BCUT2D eigenvalue weighted by atomic mass is 10.0. The van der Waals surface area contributed by atoms with E-state index in [2.05, 4.69) is 5.32 Å². The SMILES string of the molecule is COc1cccc(Cl)c1CNC(C)c1cc(C)ccc1O. The van der Waals surface area contributed by atoms with Gasteiger partial charge < -0.3 is 15.2 Å². The number of ether oxygens (including phenoxy) is 1. The third-order valence-corrected chi connectivity index (χ3v) is 3.88. The van der Waals surface area contributed by atoms with Crippen molar-refractivity contribution in [1.29, 1.82) is 0 Å². The molecular formula is C17H20ClNO2. The lowest BCUT2D eigenvalue weighted by Crippen LogP contribution is -2.19. The van der Waals surface area contributed by atoms with E-state index in [9.17, 15) is 5.11 Å². The second-order valence-corrected chi connectivity index (χ2v) is 5.49. The molecule has 2 aromatic rings. The van der Waals surface area contributed by atoms with E-state index in [0.29, 0.717) is 17.3 Å². The summed E-state index contributed by atoms with van der Waals surface area (Å²) in [6.45, 7) is 4.59. The molecule has 0 aliphatic carbocycles. The number of aromatic hydroxyl groups is 1. The van der Waals surface area contributed by atoms with Crippen LogP contribution in [-0.4, -0.2) is 12.2 Å². The summed E-state index contributed by atoms with van der Waals surface area (Å²) in [5, 5.41) is 14.0. The zero-order chi connectivity index (χ0) is 15.4. The van der Waals surface area contributed by atoms with Crippen molar-refractivity contribution in [3.05, 3.63) is 58.1 Å². The number of rotatable bonds is 5. The monoisotopic (exact) mass is 305 g/mol. The van der Waals surface area contributed by atoms with Gasteiger partial charge in [0.05, 0.1) is 7.11 Å². The van der Waals surface area contributed by atoms with E-state index in [-0.39, 0.29) is 6.04 Å². The summed E-state index contributed by atoms with van der Waals surface area (Å²) in [6, 6.07) is 11.2. The molecule has 3 nitrogen and oxygen atoms in total. The van der Waals surface area contributed by atoms with Crippen molar-refractivity contribution in [1.82, 2.24) is 5.32 Å². The molecule has 112 valence electrons. The molecule has 1 atom stereocenters. The molecule has 2 aromatic carbocycles. The van der Waals surface area contributed by atoms with E-state index in [0.717, 1.165) is 22.4 Å². The minimum absolute atomic E-state index is 0.00544. The normalized spacial score (nSPS) is 12.2. The molecule has 0 spiro atoms. The second-order valence-electron chi connectivity index (χ2n) is 5.09. The third kappa shape index (κ3) is 3.69. The molecule has 0 heterocycles. The largest absolute Gasteiger partial charge is 0.508 e. The topological polar surface area (TPSA) is 41.5 Å². The Kier molecular flexibility index (Phi) is 5.10. The molecule has 0 aromatic heterocycles. The molecule has 0 fully saturated rings. The highest BCUT2D eigenvalue weighted by molar-refractivity contribution is 6.31. The predicted octanol–water partition coefficient (Wildman–Crippen LogP) is 4.21. The van der Waals surface area contributed by atoms with Crippen LogP contribution in [0.15, 0.2) is 36.4 Å². The van der Waals surface area contributed by atoms with Crippen LogP contribution < -0.4 is 10.1 Å². The molecule has 4 heteroatoms. The number of phenolic OH excluding ortho intramolecular Hbond substituents is 1. The zero-order valence-electron chi connectivity index (χ0n) is 12.5. The number of phenols is 1. The smallest absolute Gasteiger partial charge is 0.124 e. The van der Waals surface area contributed by atoms with E-state index in [4.69, 9.17) is 16.3 Å². The number of aryl methyl sites for hydroxylation is 1. The van der Waals surface area contributed by atoms with Crippen molar-refractivity contribution in [2.75, 3.05) is 7.11 Å². The summed E-state index contributed by atoms with van der Waals surface area (Å²) < 4.78 is 5.33. The molecule has 21 heavy (non-hydrogen) atoms. The Morgan fingerprint density at radius 2 is 2.05 bits per heavy atom. The first-order valence-corrected chi connectivity index (χ1v) is 7.25. The number of halogens is 1. The Bertz CT molecular complexity index is 628. The maximum Gasteiger partial charge on any atom is 0.124 e. The summed E-state index contributed by atoms with van der Waals surface area (Å²) >= 11 is 6.22. The molecule has 0 bridgehead atoms. The molecular weight excluding hydrogens is 286 g/mol. The summed E-state index contributed by atoms with van der Waals surface area (Å²) in [4.78, 5) is 0. The Balaban J connectivity index is 2.15. The van der Waals surface area contributed by atoms with Crippen LogP contribution in [0.5, 0.6) is 11.5 Å². The maximum absolute atomic E-state index is 9.97. The van der Waals surface area contributed by atoms with Crippen molar-refractivity contribution in [2.45, 2.75) is 26.4 Å². The van der Waals surface area contributed by atoms with Crippen molar-refractivity contribution in [2.24, 2.45) is 0 Å². The van der Waals surface area contributed by atoms with E-state index in [1.54, 1.807) is 13.2 Å². The van der Waals surface area contributed by atoms with Crippen LogP contribution in [0.2, 0.25) is 5.02 Å². The van der Waals surface area contributed by atoms with Gasteiger partial charge in [0.15, 0.2) is 0 Å². The summed E-state index contributed by atoms with van der Waals surface area (Å²) in [5.74, 6) is 1.06. The molecule has 0 aliphatic rings. The van der Waals surface area contributed by atoms with Gasteiger partial charge in [-0.1, -0.05) is 35.4 Å². The lowest BCUT2D eigenvalue weighted by Gasteiger charge is -2.18. The zero-order valence-corrected chi connectivity index (χ0v) is 13.2. The molecule has 2 N–H and O–H groups in total. The molecule has 2 rings (SSSR count). The highest BCUT2D eigenvalue weighted by Gasteiger charge is 2.13. The van der Waals surface area contributed by atoms with Crippen LogP contribution in [-0.2, 0) is 6.54 Å². The van der Waals surface area contributed by atoms with Gasteiger partial charge in [0.2, 0.25) is 0 Å². The van der Waals surface area contributed by atoms with Gasteiger partial charge in [0.1, 0.15) is 11.5 Å². The van der Waals surface area contributed by atoms with Gasteiger partial charge in [0, 0.05) is 28.7 Å². The van der Waals surface area contributed by atoms with Crippen molar-refractivity contribution in [3.8, 4) is 11.5 Å². The highest BCUT2D eigenvalue weighted by Crippen LogP contribution is 2.29. The van der Waals surface area contributed by atoms with Gasteiger partial charge in [-0.3, -0.25) is 0 Å². The Hall–Kier alpha value is -1.71. The minimum Gasteiger partial charge on any atom is -0.508 e. The first-order chi connectivity index (χ1) is 10.0. The summed E-state index contributed by atoms with van der Waals surface area (Å²) in [6.07, 6.45) is 0. The van der Waals surface area contributed by atoms with E-state index in [1.807, 2.05) is 44.2 Å². The van der Waals surface area contributed by atoms with Crippen LogP contribution in [0, 0.1) is 6.92 Å². The quantitative estimate of drug-likeness (QED) is 0.869. The number of hydrogen-bond acceptors (Lipinski definition) is 3. The summed E-state index contributed by atoms with van der Waals surface area (Å²) in [7, 11) is 1.63. The van der Waals surface area contributed by atoms with Crippen LogP contribution in [0.25, 0.3) is 0 Å². The standard InChI is InChI=1S/C17H20ClNO2/c1-11-7-8-16(20)13(9-11)12(2)19-10-14-15(18)5-4-6-17(14)21-3/h4-9,12,19-20H,10H2,1-3H3. The van der Waals surface area contributed by atoms with Crippen molar-refractivity contribution >= 4 is 11.6 Å². The van der Waals surface area contributed by atoms with Gasteiger partial charge in [0.25, 0.3) is 0 Å². The fourth-order valence-electron chi connectivity index (χ4n) is 2.29. The van der Waals surface area contributed by atoms with Gasteiger partial charge in [-0.15, -0.1) is 0 Å². The third-order valence-electron chi connectivity index (χ3n) is 3.53.